The van der Waals surface area contributed by atoms with Crippen LogP contribution in [0.3, 0.4) is 0 Å². The summed E-state index contributed by atoms with van der Waals surface area (Å²) in [6.45, 7) is 8.24. The number of hydrogen-bond donors (Lipinski definition) is 2. The second kappa shape index (κ2) is 14.4. The number of hydrogen-bond acceptors (Lipinski definition) is 9. The highest BCUT2D eigenvalue weighted by Gasteiger charge is 2.25. The number of amides is 1. The largest absolute Gasteiger partial charge is 0.497 e. The summed E-state index contributed by atoms with van der Waals surface area (Å²) in [6.07, 6.45) is 1.09. The molecule has 0 aliphatic heterocycles. The number of nitrogens with one attached hydrogen (secondary N) is 1. The van der Waals surface area contributed by atoms with Gasteiger partial charge in [-0.3, -0.25) is 5.32 Å². The van der Waals surface area contributed by atoms with E-state index in [2.05, 4.69) is 17.2 Å². The molecule has 0 spiro atoms. The molecule has 0 bridgehead atoms. The van der Waals surface area contributed by atoms with Crippen LogP contribution >= 0.6 is 0 Å². The van der Waals surface area contributed by atoms with Crippen LogP contribution < -0.4 is 24.4 Å². The summed E-state index contributed by atoms with van der Waals surface area (Å²) >= 11 is 0. The first-order valence-electron chi connectivity index (χ1n) is 13.3. The van der Waals surface area contributed by atoms with Gasteiger partial charge in [-0.05, 0) is 62.6 Å². The van der Waals surface area contributed by atoms with E-state index in [9.17, 15) is 9.90 Å². The standard InChI is InChI=1S/C30H40N4O6/c1-7-8-17-39-28-31-25(20-35)26(32-29(36)40-30(2,3)4)27(33-28)34(18-21-9-13-23(37-5)14-10-21)19-22-11-15-24(38-6)16-12-22/h9-16,35H,7-8,17-20H2,1-6H3,(H,32,36). The zero-order chi connectivity index (χ0) is 29.1. The van der Waals surface area contributed by atoms with Crippen LogP contribution in [-0.4, -0.2) is 47.6 Å². The average Bonchev–Trinajstić information content (AvgIpc) is 2.93. The molecule has 0 atom stereocenters. The molecule has 0 aliphatic carbocycles. The summed E-state index contributed by atoms with van der Waals surface area (Å²) < 4.78 is 22.0. The third kappa shape index (κ3) is 9.01. The Morgan fingerprint density at radius 1 is 0.925 bits per heavy atom. The van der Waals surface area contributed by atoms with Gasteiger partial charge in [0, 0.05) is 13.1 Å². The second-order valence-electron chi connectivity index (χ2n) is 10.2. The molecule has 10 nitrogen and oxygen atoms in total. The number of carbonyl (C=O) groups excluding carboxylic acids is 1. The van der Waals surface area contributed by atoms with Gasteiger partial charge in [0.1, 0.15) is 22.8 Å². The smallest absolute Gasteiger partial charge is 0.412 e. The van der Waals surface area contributed by atoms with Gasteiger partial charge in [0.25, 0.3) is 0 Å². The van der Waals surface area contributed by atoms with Crippen molar-refractivity contribution in [3.8, 4) is 17.5 Å². The maximum Gasteiger partial charge on any atom is 0.412 e. The fourth-order valence-corrected chi connectivity index (χ4v) is 3.83. The predicted octanol–water partition coefficient (Wildman–Crippen LogP) is 5.72. The quantitative estimate of drug-likeness (QED) is 0.257. The van der Waals surface area contributed by atoms with Crippen molar-refractivity contribution in [1.29, 1.82) is 0 Å². The van der Waals surface area contributed by atoms with Crippen molar-refractivity contribution in [2.75, 3.05) is 31.0 Å². The number of methoxy groups -OCH3 is 2. The first-order chi connectivity index (χ1) is 19.1. The monoisotopic (exact) mass is 552 g/mol. The third-order valence-corrected chi connectivity index (χ3v) is 5.81. The Kier molecular flexibility index (Phi) is 11.0. The van der Waals surface area contributed by atoms with E-state index in [0.717, 1.165) is 35.5 Å². The number of rotatable bonds is 13. The molecule has 216 valence electrons. The Morgan fingerprint density at radius 3 is 1.93 bits per heavy atom. The second-order valence-corrected chi connectivity index (χ2v) is 10.2. The summed E-state index contributed by atoms with van der Waals surface area (Å²) in [5, 5.41) is 13.1. The minimum Gasteiger partial charge on any atom is -0.497 e. The van der Waals surface area contributed by atoms with E-state index >= 15 is 0 Å². The molecule has 0 unspecified atom stereocenters. The highest BCUT2D eigenvalue weighted by Crippen LogP contribution is 2.33. The Bertz CT molecular complexity index is 1180. The van der Waals surface area contributed by atoms with Crippen LogP contribution in [0.1, 0.15) is 57.4 Å². The Hall–Kier alpha value is -4.05. The molecule has 40 heavy (non-hydrogen) atoms. The Labute approximate surface area is 236 Å². The number of aliphatic hydroxyl groups excluding tert-OH is 1. The number of unbranched alkanes of at least 4 members (excludes halogenated alkanes) is 1. The van der Waals surface area contributed by atoms with Crippen molar-refractivity contribution in [3.63, 3.8) is 0 Å². The zero-order valence-electron chi connectivity index (χ0n) is 24.2. The molecule has 2 aromatic carbocycles. The molecule has 0 radical (unpaired) electrons. The molecular weight excluding hydrogens is 512 g/mol. The van der Waals surface area contributed by atoms with Gasteiger partial charge in [0.05, 0.1) is 33.1 Å². The fourth-order valence-electron chi connectivity index (χ4n) is 3.83. The van der Waals surface area contributed by atoms with Gasteiger partial charge in [-0.1, -0.05) is 37.6 Å². The average molecular weight is 553 g/mol. The molecule has 0 saturated heterocycles. The fraction of sp³-hybridized carbons (Fsp3) is 0.433. The van der Waals surface area contributed by atoms with Gasteiger partial charge in [-0.25, -0.2) is 4.79 Å². The van der Waals surface area contributed by atoms with Crippen LogP contribution in [0.25, 0.3) is 0 Å². The molecule has 0 fully saturated rings. The SMILES string of the molecule is CCCCOc1nc(CO)c(NC(=O)OC(C)(C)C)c(N(Cc2ccc(OC)cc2)Cc2ccc(OC)cc2)n1. The van der Waals surface area contributed by atoms with E-state index in [1.54, 1.807) is 35.0 Å². The molecule has 0 aliphatic rings. The van der Waals surface area contributed by atoms with Crippen molar-refractivity contribution < 1.29 is 28.8 Å². The Balaban J connectivity index is 2.11. The number of benzene rings is 2. The normalized spacial score (nSPS) is 11.1. The molecule has 1 heterocycles. The van der Waals surface area contributed by atoms with Crippen molar-refractivity contribution in [2.45, 2.75) is 65.8 Å². The van der Waals surface area contributed by atoms with Crippen LogP contribution in [0, 0.1) is 0 Å². The van der Waals surface area contributed by atoms with Crippen LogP contribution in [0.2, 0.25) is 0 Å². The van der Waals surface area contributed by atoms with E-state index in [4.69, 9.17) is 23.9 Å². The number of aliphatic hydroxyl groups is 1. The first kappa shape index (κ1) is 30.5. The Morgan fingerprint density at radius 2 is 1.48 bits per heavy atom. The summed E-state index contributed by atoms with van der Waals surface area (Å²) in [5.74, 6) is 1.88. The first-order valence-corrected chi connectivity index (χ1v) is 13.3. The third-order valence-electron chi connectivity index (χ3n) is 5.81. The maximum absolute atomic E-state index is 12.9. The van der Waals surface area contributed by atoms with Gasteiger partial charge >= 0.3 is 12.1 Å². The van der Waals surface area contributed by atoms with Gasteiger partial charge in [0.2, 0.25) is 0 Å². The topological polar surface area (TPSA) is 115 Å². The molecular formula is C30H40N4O6. The predicted molar refractivity (Wildman–Crippen MR) is 154 cm³/mol. The molecule has 3 aromatic rings. The number of ether oxygens (including phenoxy) is 4. The lowest BCUT2D eigenvalue weighted by Gasteiger charge is -2.28. The van der Waals surface area contributed by atoms with E-state index in [1.807, 2.05) is 53.4 Å². The van der Waals surface area contributed by atoms with Crippen molar-refractivity contribution in [3.05, 3.63) is 65.4 Å². The highest BCUT2D eigenvalue weighted by atomic mass is 16.6. The van der Waals surface area contributed by atoms with Crippen LogP contribution in [-0.2, 0) is 24.4 Å². The summed E-state index contributed by atoms with van der Waals surface area (Å²) in [7, 11) is 3.24. The molecule has 0 saturated carbocycles. The summed E-state index contributed by atoms with van der Waals surface area (Å²) in [4.78, 5) is 24.0. The van der Waals surface area contributed by atoms with E-state index in [0.29, 0.717) is 25.5 Å². The van der Waals surface area contributed by atoms with Crippen LogP contribution in [0.4, 0.5) is 16.3 Å². The number of carbonyl (C=O) groups is 1. The maximum atomic E-state index is 12.9. The highest BCUT2D eigenvalue weighted by molar-refractivity contribution is 5.90. The van der Waals surface area contributed by atoms with Crippen molar-refractivity contribution in [2.24, 2.45) is 0 Å². The molecule has 10 heteroatoms. The lowest BCUT2D eigenvalue weighted by molar-refractivity contribution is 0.0635. The molecule has 3 rings (SSSR count). The minimum atomic E-state index is -0.723. The molecule has 1 aromatic heterocycles. The molecule has 2 N–H and O–H groups in total. The van der Waals surface area contributed by atoms with Crippen LogP contribution in [0.15, 0.2) is 48.5 Å². The number of anilines is 2. The van der Waals surface area contributed by atoms with Gasteiger partial charge in [-0.2, -0.15) is 9.97 Å². The van der Waals surface area contributed by atoms with E-state index in [1.165, 1.54) is 0 Å². The van der Waals surface area contributed by atoms with Crippen LogP contribution in [0.5, 0.6) is 17.5 Å². The van der Waals surface area contributed by atoms with Crippen molar-refractivity contribution in [1.82, 2.24) is 9.97 Å². The lowest BCUT2D eigenvalue weighted by Crippen LogP contribution is -2.30. The summed E-state index contributed by atoms with van der Waals surface area (Å²) in [5.41, 5.74) is 1.71. The van der Waals surface area contributed by atoms with Gasteiger partial charge in [-0.15, -0.1) is 0 Å². The zero-order valence-corrected chi connectivity index (χ0v) is 24.2. The lowest BCUT2D eigenvalue weighted by atomic mass is 10.1. The van der Waals surface area contributed by atoms with E-state index in [-0.39, 0.29) is 17.4 Å². The summed E-state index contributed by atoms with van der Waals surface area (Å²) in [6, 6.07) is 15.5. The van der Waals surface area contributed by atoms with Gasteiger partial charge in [0.15, 0.2) is 5.82 Å². The van der Waals surface area contributed by atoms with E-state index < -0.39 is 18.3 Å². The number of aromatic nitrogens is 2. The molecule has 1 amide bonds. The minimum absolute atomic E-state index is 0.122. The number of nitrogens with zero attached hydrogens (tertiary/aromatic N) is 3. The van der Waals surface area contributed by atoms with Gasteiger partial charge < -0.3 is 29.0 Å². The van der Waals surface area contributed by atoms with Crippen molar-refractivity contribution >= 4 is 17.6 Å².